The number of hydrogen-bond acceptors (Lipinski definition) is 3. The maximum Gasteiger partial charge on any atom is 0.229 e. The van der Waals surface area contributed by atoms with Crippen LogP contribution >= 0.6 is 27.3 Å². The summed E-state index contributed by atoms with van der Waals surface area (Å²) in [5, 5.41) is 1.82. The first-order chi connectivity index (χ1) is 7.20. The molecule has 0 radical (unpaired) electrons. The van der Waals surface area contributed by atoms with Gasteiger partial charge in [-0.2, -0.15) is 0 Å². The summed E-state index contributed by atoms with van der Waals surface area (Å²) in [5.41, 5.74) is 0.670. The van der Waals surface area contributed by atoms with Crippen LogP contribution in [-0.2, 0) is 6.42 Å². The molecule has 4 heteroatoms. The van der Waals surface area contributed by atoms with Crippen molar-refractivity contribution >= 4 is 33.0 Å². The molecule has 15 heavy (non-hydrogen) atoms. The van der Waals surface area contributed by atoms with Crippen molar-refractivity contribution in [3.8, 4) is 0 Å². The lowest BCUT2D eigenvalue weighted by Gasteiger charge is -1.92. The number of aryl methyl sites for hydroxylation is 1. The van der Waals surface area contributed by atoms with Crippen molar-refractivity contribution in [2.45, 2.75) is 13.3 Å². The number of hydrogen-bond donors (Lipinski definition) is 0. The van der Waals surface area contributed by atoms with E-state index in [1.54, 1.807) is 12.1 Å². The zero-order valence-electron chi connectivity index (χ0n) is 8.12. The molecule has 2 aromatic rings. The second kappa shape index (κ2) is 4.33. The van der Waals surface area contributed by atoms with Crippen LogP contribution in [0.3, 0.4) is 0 Å². The van der Waals surface area contributed by atoms with Crippen LogP contribution in [0.2, 0.25) is 0 Å². The fourth-order valence-corrected chi connectivity index (χ4v) is 2.40. The third kappa shape index (κ3) is 2.21. The lowest BCUT2D eigenvalue weighted by Crippen LogP contribution is -1.96. The number of rotatable bonds is 3. The second-order valence-corrected chi connectivity index (χ2v) is 5.38. The minimum Gasteiger partial charge on any atom is -0.458 e. The van der Waals surface area contributed by atoms with Gasteiger partial charge in [0.15, 0.2) is 5.76 Å². The molecule has 0 N–H and O–H groups in total. The van der Waals surface area contributed by atoms with E-state index >= 15 is 0 Å². The summed E-state index contributed by atoms with van der Waals surface area (Å²) in [5.74, 6) is 1.20. The van der Waals surface area contributed by atoms with Gasteiger partial charge in [0.05, 0.1) is 3.79 Å². The van der Waals surface area contributed by atoms with E-state index in [0.29, 0.717) is 11.3 Å². The van der Waals surface area contributed by atoms with Crippen molar-refractivity contribution in [3.63, 3.8) is 0 Å². The highest BCUT2D eigenvalue weighted by molar-refractivity contribution is 9.11. The Hall–Kier alpha value is -0.870. The van der Waals surface area contributed by atoms with Crippen LogP contribution < -0.4 is 0 Å². The Kier molecular flexibility index (Phi) is 3.07. The number of ketones is 1. The molecule has 0 saturated carbocycles. The van der Waals surface area contributed by atoms with E-state index in [4.69, 9.17) is 4.42 Å². The molecule has 0 amide bonds. The summed E-state index contributed by atoms with van der Waals surface area (Å²) in [4.78, 5) is 11.9. The quantitative estimate of drug-likeness (QED) is 0.801. The van der Waals surface area contributed by atoms with Crippen molar-refractivity contribution in [1.82, 2.24) is 0 Å². The minimum absolute atomic E-state index is 0.0587. The zero-order chi connectivity index (χ0) is 10.8. The van der Waals surface area contributed by atoms with Gasteiger partial charge in [0.25, 0.3) is 0 Å². The van der Waals surface area contributed by atoms with Crippen LogP contribution in [0.25, 0.3) is 0 Å². The van der Waals surface area contributed by atoms with E-state index in [-0.39, 0.29) is 5.78 Å². The predicted octanol–water partition coefficient (Wildman–Crippen LogP) is 3.90. The highest BCUT2D eigenvalue weighted by Gasteiger charge is 2.14. The van der Waals surface area contributed by atoms with Gasteiger partial charge in [0.2, 0.25) is 5.78 Å². The van der Waals surface area contributed by atoms with Crippen LogP contribution in [0, 0.1) is 0 Å². The highest BCUT2D eigenvalue weighted by Crippen LogP contribution is 2.23. The Balaban J connectivity index is 2.28. The summed E-state index contributed by atoms with van der Waals surface area (Å²) in [6, 6.07) is 5.38. The molecule has 0 aliphatic rings. The predicted molar refractivity (Wildman–Crippen MR) is 63.5 cm³/mol. The summed E-state index contributed by atoms with van der Waals surface area (Å²) >= 11 is 4.82. The minimum atomic E-state index is -0.0587. The molecular weight excluding hydrogens is 276 g/mol. The van der Waals surface area contributed by atoms with Gasteiger partial charge in [0, 0.05) is 17.4 Å². The molecule has 0 spiro atoms. The summed E-state index contributed by atoms with van der Waals surface area (Å²) in [7, 11) is 0. The maximum atomic E-state index is 11.9. The Morgan fingerprint density at radius 2 is 2.33 bits per heavy atom. The Bertz CT molecular complexity index is 484. The van der Waals surface area contributed by atoms with Crippen LogP contribution in [0.5, 0.6) is 0 Å². The van der Waals surface area contributed by atoms with Crippen molar-refractivity contribution in [1.29, 1.82) is 0 Å². The molecule has 0 aliphatic heterocycles. The van der Waals surface area contributed by atoms with Crippen LogP contribution in [-0.4, -0.2) is 5.78 Å². The summed E-state index contributed by atoms with van der Waals surface area (Å²) in [6.45, 7) is 1.99. The highest BCUT2D eigenvalue weighted by atomic mass is 79.9. The molecule has 0 saturated heterocycles. The molecule has 78 valence electrons. The molecule has 0 aliphatic carbocycles. The van der Waals surface area contributed by atoms with Crippen LogP contribution in [0.4, 0.5) is 0 Å². The van der Waals surface area contributed by atoms with E-state index in [2.05, 4.69) is 15.9 Å². The second-order valence-electron chi connectivity index (χ2n) is 3.09. The van der Waals surface area contributed by atoms with E-state index in [0.717, 1.165) is 16.0 Å². The molecule has 2 nitrogen and oxygen atoms in total. The van der Waals surface area contributed by atoms with Gasteiger partial charge >= 0.3 is 0 Å². The first-order valence-electron chi connectivity index (χ1n) is 4.58. The van der Waals surface area contributed by atoms with Gasteiger partial charge < -0.3 is 4.42 Å². The van der Waals surface area contributed by atoms with Gasteiger partial charge in [0.1, 0.15) is 5.76 Å². The number of thiophene rings is 1. The van der Waals surface area contributed by atoms with Gasteiger partial charge in [-0.3, -0.25) is 4.79 Å². The standard InChI is InChI=1S/C11H9BrO2S/c1-2-8-3-4-9(14-8)11(13)7-5-10(12)15-6-7/h3-6H,2H2,1H3. The average molecular weight is 285 g/mol. The fraction of sp³-hybridized carbons (Fsp3) is 0.182. The largest absolute Gasteiger partial charge is 0.458 e. The molecular formula is C11H9BrO2S. The topological polar surface area (TPSA) is 30.2 Å². The van der Waals surface area contributed by atoms with Gasteiger partial charge in [-0.25, -0.2) is 0 Å². The first-order valence-corrected chi connectivity index (χ1v) is 6.25. The molecule has 0 unspecified atom stereocenters. The molecule has 0 atom stereocenters. The monoisotopic (exact) mass is 284 g/mol. The van der Waals surface area contributed by atoms with Gasteiger partial charge in [-0.05, 0) is 34.1 Å². The first kappa shape index (κ1) is 10.6. The third-order valence-electron chi connectivity index (χ3n) is 2.06. The van der Waals surface area contributed by atoms with Crippen molar-refractivity contribution in [2.24, 2.45) is 0 Å². The van der Waals surface area contributed by atoms with Gasteiger partial charge in [-0.1, -0.05) is 6.92 Å². The van der Waals surface area contributed by atoms with E-state index < -0.39 is 0 Å². The number of carbonyl (C=O) groups is 1. The Morgan fingerprint density at radius 1 is 1.53 bits per heavy atom. The third-order valence-corrected chi connectivity index (χ3v) is 3.57. The maximum absolute atomic E-state index is 11.9. The van der Waals surface area contributed by atoms with E-state index in [9.17, 15) is 4.79 Å². The van der Waals surface area contributed by atoms with Crippen molar-refractivity contribution < 1.29 is 9.21 Å². The number of furan rings is 1. The number of halogens is 1. The fourth-order valence-electron chi connectivity index (χ4n) is 1.26. The Labute approximate surface area is 100 Å². The SMILES string of the molecule is CCc1ccc(C(=O)c2csc(Br)c2)o1. The van der Waals surface area contributed by atoms with Crippen molar-refractivity contribution in [3.05, 3.63) is 44.4 Å². The van der Waals surface area contributed by atoms with Crippen LogP contribution in [0.15, 0.2) is 31.8 Å². The lowest BCUT2D eigenvalue weighted by molar-refractivity contribution is 0.101. The summed E-state index contributed by atoms with van der Waals surface area (Å²) in [6.07, 6.45) is 0.806. The van der Waals surface area contributed by atoms with E-state index in [1.165, 1.54) is 11.3 Å². The molecule has 0 aromatic carbocycles. The average Bonchev–Trinajstić information content (AvgIpc) is 2.84. The van der Waals surface area contributed by atoms with Crippen LogP contribution in [0.1, 0.15) is 28.8 Å². The molecule has 2 rings (SSSR count). The smallest absolute Gasteiger partial charge is 0.229 e. The van der Waals surface area contributed by atoms with Gasteiger partial charge in [-0.15, -0.1) is 11.3 Å². The molecule has 0 fully saturated rings. The molecule has 2 heterocycles. The zero-order valence-corrected chi connectivity index (χ0v) is 10.5. The van der Waals surface area contributed by atoms with Crippen molar-refractivity contribution in [2.75, 3.05) is 0 Å². The molecule has 0 bridgehead atoms. The lowest BCUT2D eigenvalue weighted by atomic mass is 10.2. The number of carbonyl (C=O) groups excluding carboxylic acids is 1. The molecule has 2 aromatic heterocycles. The Morgan fingerprint density at radius 3 is 2.87 bits per heavy atom. The van der Waals surface area contributed by atoms with E-state index in [1.807, 2.05) is 18.4 Å². The normalized spacial score (nSPS) is 10.5. The summed E-state index contributed by atoms with van der Waals surface area (Å²) < 4.78 is 6.35.